The van der Waals surface area contributed by atoms with Crippen LogP contribution in [-0.4, -0.2) is 29.4 Å². The summed E-state index contributed by atoms with van der Waals surface area (Å²) >= 11 is 5.97. The van der Waals surface area contributed by atoms with E-state index in [2.05, 4.69) is 5.32 Å². The fourth-order valence-electron chi connectivity index (χ4n) is 2.32. The maximum absolute atomic E-state index is 12.5. The molecule has 136 valence electrons. The van der Waals surface area contributed by atoms with Gasteiger partial charge in [-0.25, -0.2) is 4.79 Å². The molecule has 26 heavy (non-hydrogen) atoms. The fraction of sp³-hybridized carbons (Fsp3) is 0.222. The lowest BCUT2D eigenvalue weighted by Crippen LogP contribution is -2.43. The van der Waals surface area contributed by atoms with Crippen molar-refractivity contribution in [2.75, 3.05) is 6.61 Å². The van der Waals surface area contributed by atoms with Crippen LogP contribution in [0.15, 0.2) is 48.5 Å². The van der Waals surface area contributed by atoms with Crippen molar-refractivity contribution < 1.29 is 19.2 Å². The lowest BCUT2D eigenvalue weighted by atomic mass is 10.1. The number of nitrogens with one attached hydrogen (secondary N) is 1. The Labute approximate surface area is 155 Å². The molecule has 8 heteroatoms. The summed E-state index contributed by atoms with van der Waals surface area (Å²) in [5, 5.41) is 13.3. The number of amides is 1. The van der Waals surface area contributed by atoms with Crippen molar-refractivity contribution in [1.29, 1.82) is 0 Å². The molecule has 0 saturated heterocycles. The normalized spacial score (nSPS) is 11.5. The molecule has 0 fully saturated rings. The van der Waals surface area contributed by atoms with Gasteiger partial charge in [0.25, 0.3) is 11.6 Å². The van der Waals surface area contributed by atoms with Crippen LogP contribution in [0.2, 0.25) is 5.02 Å². The van der Waals surface area contributed by atoms with Crippen LogP contribution in [0.3, 0.4) is 0 Å². The zero-order chi connectivity index (χ0) is 19.1. The van der Waals surface area contributed by atoms with E-state index in [4.69, 9.17) is 16.3 Å². The van der Waals surface area contributed by atoms with Crippen molar-refractivity contribution in [2.24, 2.45) is 0 Å². The number of nitrogens with zero attached hydrogens (tertiary/aromatic N) is 1. The van der Waals surface area contributed by atoms with E-state index in [-0.39, 0.29) is 29.3 Å². The van der Waals surface area contributed by atoms with Gasteiger partial charge in [-0.15, -0.1) is 0 Å². The molecule has 0 aliphatic heterocycles. The molecule has 1 unspecified atom stereocenters. The molecule has 0 aromatic heterocycles. The summed E-state index contributed by atoms with van der Waals surface area (Å²) in [5.41, 5.74) is 0.665. The van der Waals surface area contributed by atoms with Crippen LogP contribution in [0.4, 0.5) is 5.69 Å². The predicted molar refractivity (Wildman–Crippen MR) is 96.1 cm³/mol. The van der Waals surface area contributed by atoms with E-state index in [0.29, 0.717) is 0 Å². The number of esters is 1. The molecular formula is C18H17ClN2O5. The highest BCUT2D eigenvalue weighted by Crippen LogP contribution is 2.22. The zero-order valence-corrected chi connectivity index (χ0v) is 14.7. The third-order valence-electron chi connectivity index (χ3n) is 3.57. The van der Waals surface area contributed by atoms with Gasteiger partial charge in [-0.05, 0) is 18.6 Å². The molecule has 2 aromatic carbocycles. The number of rotatable bonds is 7. The Morgan fingerprint density at radius 3 is 2.50 bits per heavy atom. The van der Waals surface area contributed by atoms with Gasteiger partial charge in [-0.2, -0.15) is 0 Å². The molecule has 2 rings (SSSR count). The lowest BCUT2D eigenvalue weighted by Gasteiger charge is -2.18. The molecule has 0 saturated carbocycles. The number of ether oxygens (including phenoxy) is 1. The number of nitro benzene ring substituents is 1. The van der Waals surface area contributed by atoms with Gasteiger partial charge in [0.05, 0.1) is 22.1 Å². The standard InChI is InChI=1S/C18H17ClN2O5/c1-2-26-18(23)16(10-12-6-4-3-5-7-12)20-17(22)14-9-8-13(21(24)25)11-15(14)19/h3-9,11,16H,2,10H2,1H3,(H,20,22). The van der Waals surface area contributed by atoms with Gasteiger partial charge in [-0.3, -0.25) is 14.9 Å². The summed E-state index contributed by atoms with van der Waals surface area (Å²) in [6.45, 7) is 1.85. The molecular weight excluding hydrogens is 360 g/mol. The van der Waals surface area contributed by atoms with Crippen LogP contribution in [0.25, 0.3) is 0 Å². The fourth-order valence-corrected chi connectivity index (χ4v) is 2.58. The molecule has 0 spiro atoms. The largest absolute Gasteiger partial charge is 0.464 e. The summed E-state index contributed by atoms with van der Waals surface area (Å²) in [7, 11) is 0. The monoisotopic (exact) mass is 376 g/mol. The maximum atomic E-state index is 12.5. The summed E-state index contributed by atoms with van der Waals surface area (Å²) in [4.78, 5) is 34.8. The quantitative estimate of drug-likeness (QED) is 0.454. The second-order valence-corrected chi connectivity index (χ2v) is 5.80. The predicted octanol–water partition coefficient (Wildman–Crippen LogP) is 3.15. The van der Waals surface area contributed by atoms with Crippen molar-refractivity contribution in [3.8, 4) is 0 Å². The second-order valence-electron chi connectivity index (χ2n) is 5.39. The van der Waals surface area contributed by atoms with Crippen LogP contribution in [-0.2, 0) is 16.0 Å². The van der Waals surface area contributed by atoms with Gasteiger partial charge >= 0.3 is 5.97 Å². The number of non-ortho nitro benzene ring substituents is 1. The van der Waals surface area contributed by atoms with E-state index in [9.17, 15) is 19.7 Å². The van der Waals surface area contributed by atoms with Gasteiger partial charge in [0.2, 0.25) is 0 Å². The minimum Gasteiger partial charge on any atom is -0.464 e. The first-order valence-corrected chi connectivity index (χ1v) is 8.25. The van der Waals surface area contributed by atoms with Crippen molar-refractivity contribution in [2.45, 2.75) is 19.4 Å². The average molecular weight is 377 g/mol. The highest BCUT2D eigenvalue weighted by molar-refractivity contribution is 6.34. The summed E-state index contributed by atoms with van der Waals surface area (Å²) < 4.78 is 5.02. The van der Waals surface area contributed by atoms with Gasteiger partial charge < -0.3 is 10.1 Å². The molecule has 0 radical (unpaired) electrons. The Morgan fingerprint density at radius 1 is 1.23 bits per heavy atom. The SMILES string of the molecule is CCOC(=O)C(Cc1ccccc1)NC(=O)c1ccc([N+](=O)[O-])cc1Cl. The Balaban J connectivity index is 2.20. The first kappa shape index (κ1) is 19.4. The van der Waals surface area contributed by atoms with E-state index in [1.807, 2.05) is 30.3 Å². The molecule has 0 aliphatic carbocycles. The van der Waals surface area contributed by atoms with Crippen LogP contribution in [0.1, 0.15) is 22.8 Å². The van der Waals surface area contributed by atoms with Crippen LogP contribution in [0.5, 0.6) is 0 Å². The highest BCUT2D eigenvalue weighted by Gasteiger charge is 2.24. The topological polar surface area (TPSA) is 98.5 Å². The Morgan fingerprint density at radius 2 is 1.92 bits per heavy atom. The van der Waals surface area contributed by atoms with Crippen molar-refractivity contribution in [3.05, 3.63) is 74.8 Å². The lowest BCUT2D eigenvalue weighted by molar-refractivity contribution is -0.384. The molecule has 2 aromatic rings. The first-order valence-electron chi connectivity index (χ1n) is 7.87. The maximum Gasteiger partial charge on any atom is 0.328 e. The highest BCUT2D eigenvalue weighted by atomic mass is 35.5. The van der Waals surface area contributed by atoms with Gasteiger partial charge in [0.1, 0.15) is 6.04 Å². The molecule has 0 aliphatic rings. The molecule has 1 amide bonds. The Bertz CT molecular complexity index is 810. The van der Waals surface area contributed by atoms with Gasteiger partial charge in [-0.1, -0.05) is 41.9 Å². The molecule has 1 atom stereocenters. The number of hydrogen-bond acceptors (Lipinski definition) is 5. The van der Waals surface area contributed by atoms with Crippen molar-refractivity contribution >= 4 is 29.2 Å². The second kappa shape index (κ2) is 8.96. The first-order chi connectivity index (χ1) is 12.4. The number of carbonyl (C=O) groups is 2. The van der Waals surface area contributed by atoms with Crippen LogP contribution >= 0.6 is 11.6 Å². The van der Waals surface area contributed by atoms with E-state index in [0.717, 1.165) is 11.6 Å². The summed E-state index contributed by atoms with van der Waals surface area (Å²) in [5.74, 6) is -1.18. The average Bonchev–Trinajstić information content (AvgIpc) is 2.62. The zero-order valence-electron chi connectivity index (χ0n) is 14.0. The smallest absolute Gasteiger partial charge is 0.328 e. The van der Waals surface area contributed by atoms with Crippen LogP contribution in [0, 0.1) is 10.1 Å². The number of benzene rings is 2. The minimum absolute atomic E-state index is 0.0413. The summed E-state index contributed by atoms with van der Waals surface area (Å²) in [6.07, 6.45) is 0.246. The van der Waals surface area contributed by atoms with Gasteiger partial charge in [0.15, 0.2) is 0 Å². The van der Waals surface area contributed by atoms with E-state index in [1.165, 1.54) is 12.1 Å². The number of halogens is 1. The number of carbonyl (C=O) groups excluding carboxylic acids is 2. The Kier molecular flexibility index (Phi) is 6.68. The molecule has 7 nitrogen and oxygen atoms in total. The Hall–Kier alpha value is -2.93. The minimum atomic E-state index is -0.906. The van der Waals surface area contributed by atoms with Crippen molar-refractivity contribution in [1.82, 2.24) is 5.32 Å². The number of hydrogen-bond donors (Lipinski definition) is 1. The molecule has 0 heterocycles. The van der Waals surface area contributed by atoms with Crippen molar-refractivity contribution in [3.63, 3.8) is 0 Å². The van der Waals surface area contributed by atoms with Gasteiger partial charge in [0, 0.05) is 18.6 Å². The third-order valence-corrected chi connectivity index (χ3v) is 3.88. The van der Waals surface area contributed by atoms with E-state index in [1.54, 1.807) is 6.92 Å². The number of nitro groups is 1. The van der Waals surface area contributed by atoms with E-state index < -0.39 is 22.8 Å². The molecule has 1 N–H and O–H groups in total. The van der Waals surface area contributed by atoms with Crippen LogP contribution < -0.4 is 5.32 Å². The third kappa shape index (κ3) is 5.03. The molecule has 0 bridgehead atoms. The van der Waals surface area contributed by atoms with E-state index >= 15 is 0 Å². The summed E-state index contributed by atoms with van der Waals surface area (Å²) in [6, 6.07) is 11.8.